The maximum absolute atomic E-state index is 12.1. The van der Waals surface area contributed by atoms with Crippen LogP contribution in [0.4, 0.5) is 0 Å². The lowest BCUT2D eigenvalue weighted by molar-refractivity contribution is -0.118. The maximum atomic E-state index is 12.1. The molecule has 27 heavy (non-hydrogen) atoms. The van der Waals surface area contributed by atoms with Crippen molar-refractivity contribution < 1.29 is 18.8 Å². The molecule has 0 saturated heterocycles. The number of rotatable bonds is 7. The molecule has 0 fully saturated rings. The summed E-state index contributed by atoms with van der Waals surface area (Å²) in [6.07, 6.45) is 4.18. The summed E-state index contributed by atoms with van der Waals surface area (Å²) in [6.45, 7) is 2.04. The molecule has 0 aliphatic heterocycles. The van der Waals surface area contributed by atoms with Gasteiger partial charge in [0, 0.05) is 18.4 Å². The second kappa shape index (κ2) is 10.2. The number of carbonyl (C=O) groups is 3. The van der Waals surface area contributed by atoms with Gasteiger partial charge in [0.1, 0.15) is 5.78 Å². The predicted octanol–water partition coefficient (Wildman–Crippen LogP) is 2.53. The molecule has 1 heterocycles. The number of hydrogen-bond acceptors (Lipinski definition) is 5. The highest BCUT2D eigenvalue weighted by molar-refractivity contribution is 7.80. The molecular formula is C19H21N3O4S. The number of furan rings is 1. The molecule has 0 aliphatic carbocycles. The van der Waals surface area contributed by atoms with E-state index in [4.69, 9.17) is 16.6 Å². The summed E-state index contributed by atoms with van der Waals surface area (Å²) in [6, 6.07) is 9.82. The fourth-order valence-corrected chi connectivity index (χ4v) is 2.40. The summed E-state index contributed by atoms with van der Waals surface area (Å²) in [5.74, 6) is -0.653. The first-order chi connectivity index (χ1) is 13.0. The molecule has 7 nitrogen and oxygen atoms in total. The summed E-state index contributed by atoms with van der Waals surface area (Å²) in [5.41, 5.74) is 6.10. The van der Waals surface area contributed by atoms with E-state index < -0.39 is 11.8 Å². The Morgan fingerprint density at radius 2 is 1.78 bits per heavy atom. The van der Waals surface area contributed by atoms with E-state index in [2.05, 4.69) is 16.2 Å². The Kier molecular flexibility index (Phi) is 7.69. The van der Waals surface area contributed by atoms with Gasteiger partial charge in [-0.15, -0.1) is 0 Å². The number of hydrazine groups is 1. The summed E-state index contributed by atoms with van der Waals surface area (Å²) >= 11 is 4.94. The zero-order valence-corrected chi connectivity index (χ0v) is 15.7. The van der Waals surface area contributed by atoms with E-state index in [1.54, 1.807) is 30.3 Å². The van der Waals surface area contributed by atoms with Gasteiger partial charge >= 0.3 is 0 Å². The van der Waals surface area contributed by atoms with Crippen molar-refractivity contribution in [1.82, 2.24) is 16.2 Å². The van der Waals surface area contributed by atoms with E-state index in [1.807, 2.05) is 6.92 Å². The number of nitrogens with one attached hydrogen (secondary N) is 3. The lowest BCUT2D eigenvalue weighted by Gasteiger charge is -2.10. The van der Waals surface area contributed by atoms with Crippen LogP contribution in [-0.4, -0.2) is 22.7 Å². The van der Waals surface area contributed by atoms with Gasteiger partial charge in [-0.2, -0.15) is 0 Å². The van der Waals surface area contributed by atoms with Crippen molar-refractivity contribution in [3.05, 3.63) is 59.5 Å². The average molecular weight is 387 g/mol. The van der Waals surface area contributed by atoms with E-state index in [1.165, 1.54) is 12.3 Å². The number of unbranched alkanes of at least 4 members (excludes halogenated alkanes) is 1. The molecule has 1 aromatic heterocycles. The monoisotopic (exact) mass is 387 g/mol. The minimum atomic E-state index is -0.524. The molecular weight excluding hydrogens is 366 g/mol. The molecule has 2 aromatic rings. The van der Waals surface area contributed by atoms with Crippen molar-refractivity contribution in [1.29, 1.82) is 0 Å². The first-order valence-electron chi connectivity index (χ1n) is 8.55. The molecule has 142 valence electrons. The zero-order chi connectivity index (χ0) is 19.6. The number of hydrogen-bond donors (Lipinski definition) is 3. The minimum Gasteiger partial charge on any atom is -0.459 e. The second-order valence-corrected chi connectivity index (χ2v) is 6.26. The van der Waals surface area contributed by atoms with Gasteiger partial charge in [0.25, 0.3) is 11.8 Å². The highest BCUT2D eigenvalue weighted by Crippen LogP contribution is 2.08. The van der Waals surface area contributed by atoms with Crippen molar-refractivity contribution in [2.24, 2.45) is 0 Å². The molecule has 1 aromatic carbocycles. The van der Waals surface area contributed by atoms with Crippen LogP contribution >= 0.6 is 12.2 Å². The van der Waals surface area contributed by atoms with Gasteiger partial charge in [-0.3, -0.25) is 30.6 Å². The van der Waals surface area contributed by atoms with Crippen LogP contribution in [0.1, 0.15) is 52.7 Å². The van der Waals surface area contributed by atoms with Crippen molar-refractivity contribution in [3.63, 3.8) is 0 Å². The summed E-state index contributed by atoms with van der Waals surface area (Å²) < 4.78 is 4.94. The molecule has 8 heteroatoms. The van der Waals surface area contributed by atoms with Crippen molar-refractivity contribution in [2.75, 3.05) is 0 Å². The van der Waals surface area contributed by atoms with Crippen molar-refractivity contribution in [3.8, 4) is 0 Å². The normalized spacial score (nSPS) is 10.1. The van der Waals surface area contributed by atoms with Crippen LogP contribution in [0, 0.1) is 0 Å². The number of Topliss-reactive ketones (excluding diaryl/α,β-unsaturated/α-hetero) is 1. The van der Waals surface area contributed by atoms with Gasteiger partial charge in [-0.1, -0.05) is 25.5 Å². The highest BCUT2D eigenvalue weighted by Gasteiger charge is 2.11. The van der Waals surface area contributed by atoms with E-state index in [9.17, 15) is 14.4 Å². The van der Waals surface area contributed by atoms with Crippen LogP contribution in [0.15, 0.2) is 47.1 Å². The molecule has 3 N–H and O–H groups in total. The van der Waals surface area contributed by atoms with Crippen LogP contribution in [0.25, 0.3) is 0 Å². The lowest BCUT2D eigenvalue weighted by Crippen LogP contribution is -2.48. The Balaban J connectivity index is 1.79. The first kappa shape index (κ1) is 20.3. The Morgan fingerprint density at radius 3 is 2.41 bits per heavy atom. The summed E-state index contributed by atoms with van der Waals surface area (Å²) in [5, 5.41) is 2.31. The number of thiocarbonyl (C=S) groups is 1. The van der Waals surface area contributed by atoms with Crippen LogP contribution in [0.5, 0.6) is 0 Å². The van der Waals surface area contributed by atoms with Gasteiger partial charge in [0.2, 0.25) is 0 Å². The number of amides is 2. The molecule has 2 amide bonds. The molecule has 2 rings (SSSR count). The molecule has 0 spiro atoms. The fourth-order valence-electron chi connectivity index (χ4n) is 2.25. The van der Waals surface area contributed by atoms with Crippen LogP contribution < -0.4 is 16.2 Å². The quantitative estimate of drug-likeness (QED) is 0.499. The molecule has 0 atom stereocenters. The van der Waals surface area contributed by atoms with E-state index in [0.29, 0.717) is 18.4 Å². The van der Waals surface area contributed by atoms with E-state index in [0.717, 1.165) is 18.4 Å². The van der Waals surface area contributed by atoms with Crippen LogP contribution in [-0.2, 0) is 11.2 Å². The average Bonchev–Trinajstić information content (AvgIpc) is 3.20. The van der Waals surface area contributed by atoms with Gasteiger partial charge in [0.15, 0.2) is 10.9 Å². The van der Waals surface area contributed by atoms with E-state index in [-0.39, 0.29) is 16.7 Å². The topological polar surface area (TPSA) is 100 Å². The Morgan fingerprint density at radius 1 is 1.04 bits per heavy atom. The largest absolute Gasteiger partial charge is 0.459 e. The zero-order valence-electron chi connectivity index (χ0n) is 14.9. The Labute approximate surface area is 162 Å². The van der Waals surface area contributed by atoms with Gasteiger partial charge in [-0.05, 0) is 48.5 Å². The Bertz CT molecular complexity index is 801. The molecule has 0 radical (unpaired) electrons. The van der Waals surface area contributed by atoms with Gasteiger partial charge < -0.3 is 4.42 Å². The summed E-state index contributed by atoms with van der Waals surface area (Å²) in [4.78, 5) is 35.7. The van der Waals surface area contributed by atoms with Crippen LogP contribution in [0.2, 0.25) is 0 Å². The third-order valence-electron chi connectivity index (χ3n) is 3.69. The fraction of sp³-hybridized carbons (Fsp3) is 0.263. The summed E-state index contributed by atoms with van der Waals surface area (Å²) in [7, 11) is 0. The molecule has 0 saturated carbocycles. The SMILES string of the molecule is CCCCC(=O)Cc1ccc(C(=O)NNC(=S)NC(=O)c2ccco2)cc1. The third kappa shape index (κ3) is 6.67. The first-order valence-corrected chi connectivity index (χ1v) is 8.96. The molecule has 0 bridgehead atoms. The molecule has 0 unspecified atom stereocenters. The second-order valence-electron chi connectivity index (χ2n) is 5.86. The minimum absolute atomic E-state index is 0.0668. The third-order valence-corrected chi connectivity index (χ3v) is 3.89. The number of benzene rings is 1. The Hall–Kier alpha value is -3.00. The highest BCUT2D eigenvalue weighted by atomic mass is 32.1. The van der Waals surface area contributed by atoms with Gasteiger partial charge in [0.05, 0.1) is 6.26 Å². The van der Waals surface area contributed by atoms with Gasteiger partial charge in [-0.25, -0.2) is 0 Å². The smallest absolute Gasteiger partial charge is 0.293 e. The number of carbonyl (C=O) groups excluding carboxylic acids is 3. The van der Waals surface area contributed by atoms with Crippen molar-refractivity contribution >= 4 is 34.9 Å². The van der Waals surface area contributed by atoms with Crippen LogP contribution in [0.3, 0.4) is 0 Å². The standard InChI is InChI=1S/C19H21N3O4S/c1-2-3-5-15(23)12-13-7-9-14(10-8-13)17(24)21-22-19(27)20-18(25)16-6-4-11-26-16/h4,6-11H,2-3,5,12H2,1H3,(H,21,24)(H2,20,22,25,27). The lowest BCUT2D eigenvalue weighted by atomic mass is 10.0. The molecule has 0 aliphatic rings. The van der Waals surface area contributed by atoms with E-state index >= 15 is 0 Å². The van der Waals surface area contributed by atoms with Crippen molar-refractivity contribution in [2.45, 2.75) is 32.6 Å². The predicted molar refractivity (Wildman–Crippen MR) is 104 cm³/mol. The maximum Gasteiger partial charge on any atom is 0.293 e. The number of ketones is 1.